The lowest BCUT2D eigenvalue weighted by Crippen LogP contribution is -2.46. The quantitative estimate of drug-likeness (QED) is 0.769. The fourth-order valence-corrected chi connectivity index (χ4v) is 1.22. The number of para-hydroxylation sites is 1. The lowest BCUT2D eigenvalue weighted by molar-refractivity contribution is 0.145. The molecule has 15 heavy (non-hydrogen) atoms. The molecule has 1 aromatic rings. The highest BCUT2D eigenvalue weighted by molar-refractivity contribution is 5.33. The Morgan fingerprint density at radius 2 is 2.07 bits per heavy atom. The van der Waals surface area contributed by atoms with E-state index in [0.29, 0.717) is 6.61 Å². The Labute approximate surface area is 90.9 Å². The molecular weight excluding hydrogens is 190 g/mol. The molecule has 3 nitrogen and oxygen atoms in total. The van der Waals surface area contributed by atoms with Gasteiger partial charge in [-0.25, -0.2) is 0 Å². The third-order valence-corrected chi connectivity index (χ3v) is 2.27. The Bertz CT molecular complexity index is 310. The summed E-state index contributed by atoms with van der Waals surface area (Å²) in [6, 6.07) is 7.87. The van der Waals surface area contributed by atoms with Crippen LogP contribution >= 0.6 is 0 Å². The smallest absolute Gasteiger partial charge is 0.122 e. The minimum absolute atomic E-state index is 0.0821. The third kappa shape index (κ3) is 3.53. The maximum absolute atomic E-state index is 8.99. The largest absolute Gasteiger partial charge is 0.491 e. The molecule has 3 heteroatoms. The van der Waals surface area contributed by atoms with Crippen molar-refractivity contribution in [2.75, 3.05) is 13.2 Å². The number of aryl methyl sites for hydroxylation is 1. The van der Waals surface area contributed by atoms with E-state index < -0.39 is 5.54 Å². The second-order valence-corrected chi connectivity index (χ2v) is 4.06. The van der Waals surface area contributed by atoms with Gasteiger partial charge in [0.15, 0.2) is 0 Å². The van der Waals surface area contributed by atoms with E-state index in [9.17, 15) is 0 Å². The Morgan fingerprint density at radius 1 is 1.40 bits per heavy atom. The lowest BCUT2D eigenvalue weighted by Gasteiger charge is -2.22. The van der Waals surface area contributed by atoms with Gasteiger partial charge in [0.25, 0.3) is 0 Å². The Morgan fingerprint density at radius 3 is 2.67 bits per heavy atom. The Hall–Kier alpha value is -1.06. The third-order valence-electron chi connectivity index (χ3n) is 2.27. The summed E-state index contributed by atoms with van der Waals surface area (Å²) in [6.07, 6.45) is 0.927. The van der Waals surface area contributed by atoms with Gasteiger partial charge < -0.3 is 15.6 Å². The van der Waals surface area contributed by atoms with Crippen LogP contribution in [0, 0.1) is 0 Å². The number of aliphatic hydroxyl groups excluding tert-OH is 1. The number of nitrogens with two attached hydrogens (primary N) is 1. The number of hydrogen-bond donors (Lipinski definition) is 2. The van der Waals surface area contributed by atoms with Crippen molar-refractivity contribution in [3.05, 3.63) is 29.8 Å². The molecule has 1 atom stereocenters. The van der Waals surface area contributed by atoms with E-state index in [1.165, 1.54) is 0 Å². The summed E-state index contributed by atoms with van der Waals surface area (Å²) < 4.78 is 5.60. The van der Waals surface area contributed by atoms with Crippen LogP contribution in [0.15, 0.2) is 24.3 Å². The summed E-state index contributed by atoms with van der Waals surface area (Å²) in [6.45, 7) is 4.08. The van der Waals surface area contributed by atoms with Crippen molar-refractivity contribution in [3.8, 4) is 5.75 Å². The number of aliphatic hydroxyl groups is 1. The van der Waals surface area contributed by atoms with Crippen molar-refractivity contribution in [2.45, 2.75) is 25.8 Å². The van der Waals surface area contributed by atoms with Gasteiger partial charge in [-0.15, -0.1) is 0 Å². The van der Waals surface area contributed by atoms with E-state index in [4.69, 9.17) is 15.6 Å². The number of hydrogen-bond acceptors (Lipinski definition) is 3. The predicted octanol–water partition coefficient (Wildman–Crippen LogP) is 1.34. The zero-order valence-electron chi connectivity index (χ0n) is 9.36. The van der Waals surface area contributed by atoms with Crippen LogP contribution in [0.3, 0.4) is 0 Å². The van der Waals surface area contributed by atoms with Gasteiger partial charge in [-0.05, 0) is 25.0 Å². The summed E-state index contributed by atoms with van der Waals surface area (Å²) in [5.74, 6) is 0.852. The molecule has 0 spiro atoms. The number of ether oxygens (including phenoxy) is 1. The first kappa shape index (κ1) is 12.0. The van der Waals surface area contributed by atoms with Crippen molar-refractivity contribution in [3.63, 3.8) is 0 Å². The minimum Gasteiger partial charge on any atom is -0.491 e. The molecule has 1 aromatic carbocycles. The Kier molecular flexibility index (Phi) is 4.12. The van der Waals surface area contributed by atoms with Crippen molar-refractivity contribution < 1.29 is 9.84 Å². The average molecular weight is 209 g/mol. The molecule has 0 saturated carbocycles. The fraction of sp³-hybridized carbons (Fsp3) is 0.500. The Balaban J connectivity index is 2.65. The molecule has 0 heterocycles. The van der Waals surface area contributed by atoms with Gasteiger partial charge in [0.2, 0.25) is 0 Å². The van der Waals surface area contributed by atoms with Crippen molar-refractivity contribution >= 4 is 0 Å². The molecule has 0 aliphatic carbocycles. The molecule has 0 fully saturated rings. The maximum Gasteiger partial charge on any atom is 0.122 e. The van der Waals surface area contributed by atoms with Crippen LogP contribution in [0.2, 0.25) is 0 Å². The van der Waals surface area contributed by atoms with Gasteiger partial charge >= 0.3 is 0 Å². The fourth-order valence-electron chi connectivity index (χ4n) is 1.22. The van der Waals surface area contributed by atoms with E-state index >= 15 is 0 Å². The molecule has 84 valence electrons. The molecule has 3 N–H and O–H groups in total. The SMILES string of the molecule is CCc1ccccc1OCC(C)(N)CO. The van der Waals surface area contributed by atoms with E-state index in [0.717, 1.165) is 17.7 Å². The molecule has 1 rings (SSSR count). The first-order valence-electron chi connectivity index (χ1n) is 5.19. The highest BCUT2D eigenvalue weighted by atomic mass is 16.5. The molecule has 0 aliphatic rings. The van der Waals surface area contributed by atoms with Crippen LogP contribution in [-0.2, 0) is 6.42 Å². The minimum atomic E-state index is -0.680. The van der Waals surface area contributed by atoms with E-state index in [-0.39, 0.29) is 6.61 Å². The summed E-state index contributed by atoms with van der Waals surface area (Å²) >= 11 is 0. The topological polar surface area (TPSA) is 55.5 Å². The van der Waals surface area contributed by atoms with E-state index in [1.807, 2.05) is 24.3 Å². The summed E-state index contributed by atoms with van der Waals surface area (Å²) in [4.78, 5) is 0. The zero-order valence-corrected chi connectivity index (χ0v) is 9.36. The van der Waals surface area contributed by atoms with Crippen LogP contribution in [0.1, 0.15) is 19.4 Å². The molecule has 0 radical (unpaired) electrons. The number of benzene rings is 1. The second-order valence-electron chi connectivity index (χ2n) is 4.06. The summed E-state index contributed by atoms with van der Waals surface area (Å²) in [7, 11) is 0. The van der Waals surface area contributed by atoms with Gasteiger partial charge in [-0.3, -0.25) is 0 Å². The van der Waals surface area contributed by atoms with Crippen LogP contribution in [0.4, 0.5) is 0 Å². The molecule has 0 aliphatic heterocycles. The van der Waals surface area contributed by atoms with Gasteiger partial charge in [0.1, 0.15) is 12.4 Å². The van der Waals surface area contributed by atoms with Crippen LogP contribution in [-0.4, -0.2) is 23.9 Å². The molecule has 0 saturated heterocycles. The number of rotatable bonds is 5. The molecule has 0 amide bonds. The second kappa shape index (κ2) is 5.14. The molecular formula is C12H19NO2. The van der Waals surface area contributed by atoms with Crippen LogP contribution in [0.5, 0.6) is 5.75 Å². The van der Waals surface area contributed by atoms with Gasteiger partial charge in [-0.2, -0.15) is 0 Å². The van der Waals surface area contributed by atoms with Gasteiger partial charge in [-0.1, -0.05) is 25.1 Å². The highest BCUT2D eigenvalue weighted by Gasteiger charge is 2.18. The standard InChI is InChI=1S/C12H19NO2/c1-3-10-6-4-5-7-11(10)15-9-12(2,13)8-14/h4-7,14H,3,8-9,13H2,1-2H3. The molecule has 1 unspecified atom stereocenters. The van der Waals surface area contributed by atoms with Gasteiger partial charge in [0.05, 0.1) is 12.1 Å². The highest BCUT2D eigenvalue weighted by Crippen LogP contribution is 2.19. The van der Waals surface area contributed by atoms with E-state index in [2.05, 4.69) is 6.92 Å². The molecule has 0 aromatic heterocycles. The summed E-state index contributed by atoms with van der Waals surface area (Å²) in [5, 5.41) is 8.99. The zero-order chi connectivity index (χ0) is 11.3. The van der Waals surface area contributed by atoms with E-state index in [1.54, 1.807) is 6.92 Å². The summed E-state index contributed by atoms with van der Waals surface area (Å²) in [5.41, 5.74) is 6.26. The first-order valence-corrected chi connectivity index (χ1v) is 5.19. The molecule has 0 bridgehead atoms. The first-order chi connectivity index (χ1) is 7.09. The van der Waals surface area contributed by atoms with Crippen molar-refractivity contribution in [1.82, 2.24) is 0 Å². The predicted molar refractivity (Wildman–Crippen MR) is 61.0 cm³/mol. The lowest BCUT2D eigenvalue weighted by atomic mass is 10.1. The van der Waals surface area contributed by atoms with Crippen molar-refractivity contribution in [2.24, 2.45) is 5.73 Å². The average Bonchev–Trinajstić information content (AvgIpc) is 2.27. The van der Waals surface area contributed by atoms with Crippen LogP contribution in [0.25, 0.3) is 0 Å². The van der Waals surface area contributed by atoms with Crippen LogP contribution < -0.4 is 10.5 Å². The van der Waals surface area contributed by atoms with Crippen molar-refractivity contribution in [1.29, 1.82) is 0 Å². The normalized spacial score (nSPS) is 14.7. The van der Waals surface area contributed by atoms with Gasteiger partial charge in [0, 0.05) is 0 Å². The monoisotopic (exact) mass is 209 g/mol. The maximum atomic E-state index is 8.99.